The summed E-state index contributed by atoms with van der Waals surface area (Å²) in [6.45, 7) is 0.324. The average Bonchev–Trinajstić information content (AvgIpc) is 3.14. The van der Waals surface area contributed by atoms with Crippen molar-refractivity contribution in [3.05, 3.63) is 60.7 Å². The minimum absolute atomic E-state index is 0.0780. The summed E-state index contributed by atoms with van der Waals surface area (Å²) in [5.41, 5.74) is 1.47. The number of anilines is 2. The molecule has 29 heavy (non-hydrogen) atoms. The molecule has 152 valence electrons. The number of thioether (sulfide) groups is 1. The molecule has 2 N–H and O–H groups in total. The SMILES string of the molecule is CSCC[C@H](NC(=O)C1CC(=O)N(c2ccccc2)C1)C(=O)Nc1ccccc1. The van der Waals surface area contributed by atoms with Gasteiger partial charge < -0.3 is 15.5 Å². The van der Waals surface area contributed by atoms with Crippen molar-refractivity contribution in [3.8, 4) is 0 Å². The van der Waals surface area contributed by atoms with E-state index in [1.807, 2.05) is 54.8 Å². The molecule has 2 aromatic carbocycles. The normalized spacial score (nSPS) is 17.1. The second-order valence-electron chi connectivity index (χ2n) is 6.94. The first kappa shape index (κ1) is 20.9. The lowest BCUT2D eigenvalue weighted by molar-refractivity contribution is -0.129. The Morgan fingerprint density at radius 3 is 2.41 bits per heavy atom. The van der Waals surface area contributed by atoms with Crippen LogP contribution in [0.25, 0.3) is 0 Å². The minimum Gasteiger partial charge on any atom is -0.344 e. The summed E-state index contributed by atoms with van der Waals surface area (Å²) < 4.78 is 0. The maximum atomic E-state index is 12.8. The van der Waals surface area contributed by atoms with Gasteiger partial charge in [-0.1, -0.05) is 36.4 Å². The summed E-state index contributed by atoms with van der Waals surface area (Å²) in [4.78, 5) is 39.5. The molecule has 0 aromatic heterocycles. The van der Waals surface area contributed by atoms with E-state index in [1.165, 1.54) is 0 Å². The molecule has 3 rings (SSSR count). The Morgan fingerprint density at radius 2 is 1.76 bits per heavy atom. The summed E-state index contributed by atoms with van der Waals surface area (Å²) in [5, 5.41) is 5.71. The fourth-order valence-corrected chi connectivity index (χ4v) is 3.76. The van der Waals surface area contributed by atoms with Crippen molar-refractivity contribution in [1.82, 2.24) is 5.32 Å². The van der Waals surface area contributed by atoms with Crippen LogP contribution in [0.4, 0.5) is 11.4 Å². The molecule has 1 fully saturated rings. The Bertz CT molecular complexity index is 845. The Labute approximate surface area is 175 Å². The fraction of sp³-hybridized carbons (Fsp3) is 0.318. The Kier molecular flexibility index (Phi) is 7.30. The van der Waals surface area contributed by atoms with E-state index in [0.717, 1.165) is 11.4 Å². The first-order valence-electron chi connectivity index (χ1n) is 9.59. The van der Waals surface area contributed by atoms with Crippen LogP contribution >= 0.6 is 11.8 Å². The molecule has 1 saturated heterocycles. The van der Waals surface area contributed by atoms with Crippen molar-refractivity contribution >= 4 is 40.9 Å². The zero-order valence-electron chi connectivity index (χ0n) is 16.3. The van der Waals surface area contributed by atoms with E-state index in [-0.39, 0.29) is 24.1 Å². The van der Waals surface area contributed by atoms with E-state index in [4.69, 9.17) is 0 Å². The minimum atomic E-state index is -0.643. The zero-order valence-corrected chi connectivity index (χ0v) is 17.2. The molecular weight excluding hydrogens is 386 g/mol. The van der Waals surface area contributed by atoms with E-state index < -0.39 is 12.0 Å². The van der Waals surface area contributed by atoms with Gasteiger partial charge in [-0.15, -0.1) is 0 Å². The third-order valence-electron chi connectivity index (χ3n) is 4.85. The van der Waals surface area contributed by atoms with Crippen molar-refractivity contribution < 1.29 is 14.4 Å². The number of nitrogens with one attached hydrogen (secondary N) is 2. The molecule has 0 saturated carbocycles. The number of rotatable bonds is 8. The third-order valence-corrected chi connectivity index (χ3v) is 5.49. The molecular formula is C22H25N3O3S. The molecule has 1 heterocycles. The van der Waals surface area contributed by atoms with Gasteiger partial charge in [0.2, 0.25) is 17.7 Å². The first-order valence-corrected chi connectivity index (χ1v) is 11.0. The average molecular weight is 412 g/mol. The predicted molar refractivity (Wildman–Crippen MR) is 117 cm³/mol. The fourth-order valence-electron chi connectivity index (χ4n) is 3.29. The summed E-state index contributed by atoms with van der Waals surface area (Å²) in [6.07, 6.45) is 2.63. The Hall–Kier alpha value is -2.80. The molecule has 3 amide bonds. The molecule has 0 radical (unpaired) electrons. The quantitative estimate of drug-likeness (QED) is 0.700. The van der Waals surface area contributed by atoms with Crippen LogP contribution in [0.3, 0.4) is 0 Å². The Balaban J connectivity index is 1.63. The molecule has 1 aliphatic heterocycles. The summed E-state index contributed by atoms with van der Waals surface area (Å²) in [5.74, 6) is -0.309. The molecule has 6 nitrogen and oxygen atoms in total. The number of hydrogen-bond acceptors (Lipinski definition) is 4. The molecule has 7 heteroatoms. The predicted octanol–water partition coefficient (Wildman–Crippen LogP) is 2.92. The number of hydrogen-bond donors (Lipinski definition) is 2. The van der Waals surface area contributed by atoms with Gasteiger partial charge in [0.05, 0.1) is 5.92 Å². The van der Waals surface area contributed by atoms with E-state index in [2.05, 4.69) is 10.6 Å². The van der Waals surface area contributed by atoms with Gasteiger partial charge in [0.25, 0.3) is 0 Å². The Morgan fingerprint density at radius 1 is 1.10 bits per heavy atom. The maximum Gasteiger partial charge on any atom is 0.246 e. The monoisotopic (exact) mass is 411 g/mol. The second kappa shape index (κ2) is 10.1. The number of carbonyl (C=O) groups is 3. The van der Waals surface area contributed by atoms with Crippen LogP contribution < -0.4 is 15.5 Å². The number of nitrogens with zero attached hydrogens (tertiary/aromatic N) is 1. The van der Waals surface area contributed by atoms with Gasteiger partial charge in [-0.2, -0.15) is 11.8 Å². The van der Waals surface area contributed by atoms with Crippen LogP contribution in [-0.4, -0.2) is 42.3 Å². The number of amides is 3. The molecule has 0 aliphatic carbocycles. The van der Waals surface area contributed by atoms with Gasteiger partial charge >= 0.3 is 0 Å². The zero-order chi connectivity index (χ0) is 20.6. The second-order valence-corrected chi connectivity index (χ2v) is 7.92. The maximum absolute atomic E-state index is 12.8. The van der Waals surface area contributed by atoms with Crippen molar-refractivity contribution in [2.24, 2.45) is 5.92 Å². The van der Waals surface area contributed by atoms with Gasteiger partial charge in [0, 0.05) is 24.3 Å². The van der Waals surface area contributed by atoms with E-state index >= 15 is 0 Å². The van der Waals surface area contributed by atoms with Crippen LogP contribution in [-0.2, 0) is 14.4 Å². The molecule has 1 aliphatic rings. The van der Waals surface area contributed by atoms with Gasteiger partial charge in [0.1, 0.15) is 6.04 Å². The lowest BCUT2D eigenvalue weighted by Crippen LogP contribution is -2.46. The van der Waals surface area contributed by atoms with Gasteiger partial charge in [-0.05, 0) is 42.7 Å². The van der Waals surface area contributed by atoms with Gasteiger partial charge in [-0.25, -0.2) is 0 Å². The summed E-state index contributed by atoms with van der Waals surface area (Å²) in [7, 11) is 0. The first-order chi connectivity index (χ1) is 14.1. The van der Waals surface area contributed by atoms with Gasteiger partial charge in [0.15, 0.2) is 0 Å². The van der Waals surface area contributed by atoms with Crippen molar-refractivity contribution in [1.29, 1.82) is 0 Å². The molecule has 2 atom stereocenters. The lowest BCUT2D eigenvalue weighted by Gasteiger charge is -2.21. The van der Waals surface area contributed by atoms with E-state index in [9.17, 15) is 14.4 Å². The topological polar surface area (TPSA) is 78.5 Å². The van der Waals surface area contributed by atoms with Crippen LogP contribution in [0.5, 0.6) is 0 Å². The lowest BCUT2D eigenvalue weighted by atomic mass is 10.1. The largest absolute Gasteiger partial charge is 0.344 e. The van der Waals surface area contributed by atoms with Crippen LogP contribution in [0.1, 0.15) is 12.8 Å². The molecule has 0 bridgehead atoms. The highest BCUT2D eigenvalue weighted by molar-refractivity contribution is 7.98. The third kappa shape index (κ3) is 5.60. The smallest absolute Gasteiger partial charge is 0.246 e. The number of carbonyl (C=O) groups excluding carboxylic acids is 3. The summed E-state index contributed by atoms with van der Waals surface area (Å²) >= 11 is 1.62. The molecule has 1 unspecified atom stereocenters. The standard InChI is InChI=1S/C22H25N3O3S/c1-29-13-12-19(22(28)23-17-8-4-2-5-9-17)24-21(27)16-14-20(26)25(15-16)18-10-6-3-7-11-18/h2-11,16,19H,12-15H2,1H3,(H,23,28)(H,24,27)/t16?,19-/m0/s1. The number of benzene rings is 2. The summed E-state index contributed by atoms with van der Waals surface area (Å²) in [6, 6.07) is 17.8. The van der Waals surface area contributed by atoms with Crippen LogP contribution in [0, 0.1) is 5.92 Å². The molecule has 2 aromatic rings. The highest BCUT2D eigenvalue weighted by atomic mass is 32.2. The number of para-hydroxylation sites is 2. The van der Waals surface area contributed by atoms with Gasteiger partial charge in [-0.3, -0.25) is 14.4 Å². The molecule has 0 spiro atoms. The van der Waals surface area contributed by atoms with E-state index in [1.54, 1.807) is 28.8 Å². The highest BCUT2D eigenvalue weighted by Gasteiger charge is 2.36. The van der Waals surface area contributed by atoms with Crippen LogP contribution in [0.2, 0.25) is 0 Å². The van der Waals surface area contributed by atoms with Crippen molar-refractivity contribution in [3.63, 3.8) is 0 Å². The van der Waals surface area contributed by atoms with E-state index in [0.29, 0.717) is 18.7 Å². The highest BCUT2D eigenvalue weighted by Crippen LogP contribution is 2.25. The van der Waals surface area contributed by atoms with Crippen molar-refractivity contribution in [2.75, 3.05) is 28.8 Å². The van der Waals surface area contributed by atoms with Crippen LogP contribution in [0.15, 0.2) is 60.7 Å². The van der Waals surface area contributed by atoms with Crippen molar-refractivity contribution in [2.45, 2.75) is 18.9 Å².